The summed E-state index contributed by atoms with van der Waals surface area (Å²) in [7, 11) is 0. The molecule has 0 radical (unpaired) electrons. The first kappa shape index (κ1) is 17.1. The van der Waals surface area contributed by atoms with Gasteiger partial charge in [-0.25, -0.2) is 4.98 Å². The topological polar surface area (TPSA) is 56.6 Å². The van der Waals surface area contributed by atoms with Gasteiger partial charge >= 0.3 is 0 Å². The average molecular weight is 377 g/mol. The number of aromatic nitrogens is 2. The van der Waals surface area contributed by atoms with Crippen LogP contribution in [0.1, 0.15) is 37.9 Å². The Morgan fingerprint density at radius 1 is 1.14 bits per heavy atom. The van der Waals surface area contributed by atoms with Crippen molar-refractivity contribution < 1.29 is 14.3 Å². The van der Waals surface area contributed by atoms with Crippen molar-refractivity contribution in [2.45, 2.75) is 38.6 Å². The number of fused-ring (bicyclic) bond motifs is 2. The molecular formula is C22H23N3O3. The Kier molecular flexibility index (Phi) is 4.19. The molecule has 2 aliphatic heterocycles. The summed E-state index contributed by atoms with van der Waals surface area (Å²) in [5.74, 6) is 2.66. The maximum atomic E-state index is 12.8. The van der Waals surface area contributed by atoms with E-state index < -0.39 is 0 Å². The van der Waals surface area contributed by atoms with E-state index in [2.05, 4.69) is 23.6 Å². The number of hydrogen-bond donors (Lipinski definition) is 0. The van der Waals surface area contributed by atoms with Crippen LogP contribution in [0.15, 0.2) is 42.5 Å². The van der Waals surface area contributed by atoms with Crippen LogP contribution in [0.4, 0.5) is 5.69 Å². The van der Waals surface area contributed by atoms with Gasteiger partial charge in [-0.3, -0.25) is 4.79 Å². The SMILES string of the molecule is CCCCn1c(C2CC(=O)N(c3ccc4c(c3)OCO4)C2)nc2ccccc21. The molecule has 6 nitrogen and oxygen atoms in total. The maximum Gasteiger partial charge on any atom is 0.231 e. The predicted molar refractivity (Wildman–Crippen MR) is 107 cm³/mol. The molecular weight excluding hydrogens is 354 g/mol. The number of carbonyl (C=O) groups excluding carboxylic acids is 1. The summed E-state index contributed by atoms with van der Waals surface area (Å²) in [5, 5.41) is 0. The smallest absolute Gasteiger partial charge is 0.231 e. The van der Waals surface area contributed by atoms with E-state index in [1.54, 1.807) is 0 Å². The summed E-state index contributed by atoms with van der Waals surface area (Å²) >= 11 is 0. The van der Waals surface area contributed by atoms with Gasteiger partial charge in [0, 0.05) is 37.2 Å². The van der Waals surface area contributed by atoms with Gasteiger partial charge in [0.1, 0.15) is 5.82 Å². The molecule has 1 atom stereocenters. The number of unbranched alkanes of at least 4 members (excludes halogenated alkanes) is 1. The van der Waals surface area contributed by atoms with Crippen LogP contribution in [-0.2, 0) is 11.3 Å². The number of carbonyl (C=O) groups is 1. The molecule has 3 aromatic rings. The van der Waals surface area contributed by atoms with Gasteiger partial charge in [-0.2, -0.15) is 0 Å². The van der Waals surface area contributed by atoms with Gasteiger partial charge in [-0.15, -0.1) is 0 Å². The van der Waals surface area contributed by atoms with Crippen molar-refractivity contribution in [3.05, 3.63) is 48.3 Å². The highest BCUT2D eigenvalue weighted by Crippen LogP contribution is 2.39. The lowest BCUT2D eigenvalue weighted by Gasteiger charge is -2.18. The Morgan fingerprint density at radius 2 is 2.00 bits per heavy atom. The first-order chi connectivity index (χ1) is 13.7. The van der Waals surface area contributed by atoms with Crippen LogP contribution in [0.2, 0.25) is 0 Å². The van der Waals surface area contributed by atoms with Crippen molar-refractivity contribution in [2.75, 3.05) is 18.2 Å². The molecule has 3 heterocycles. The van der Waals surface area contributed by atoms with Crippen molar-refractivity contribution in [2.24, 2.45) is 0 Å². The molecule has 1 fully saturated rings. The number of anilines is 1. The molecule has 0 saturated carbocycles. The number of hydrogen-bond acceptors (Lipinski definition) is 4. The Balaban J connectivity index is 1.47. The lowest BCUT2D eigenvalue weighted by atomic mass is 10.1. The molecule has 0 spiro atoms. The highest BCUT2D eigenvalue weighted by molar-refractivity contribution is 5.96. The Hall–Kier alpha value is -3.02. The largest absolute Gasteiger partial charge is 0.454 e. The number of benzene rings is 2. The minimum atomic E-state index is 0.0854. The lowest BCUT2D eigenvalue weighted by Crippen LogP contribution is -2.24. The third-order valence-corrected chi connectivity index (χ3v) is 5.58. The minimum absolute atomic E-state index is 0.0854. The molecule has 0 bridgehead atoms. The normalized spacial score (nSPS) is 18.4. The Labute approximate surface area is 163 Å². The Morgan fingerprint density at radius 3 is 2.89 bits per heavy atom. The minimum Gasteiger partial charge on any atom is -0.454 e. The number of nitrogens with zero attached hydrogens (tertiary/aromatic N) is 3. The van der Waals surface area contributed by atoms with Crippen LogP contribution in [-0.4, -0.2) is 28.8 Å². The third-order valence-electron chi connectivity index (χ3n) is 5.58. The van der Waals surface area contributed by atoms with E-state index in [0.29, 0.717) is 18.7 Å². The summed E-state index contributed by atoms with van der Waals surface area (Å²) in [6, 6.07) is 13.9. The zero-order chi connectivity index (χ0) is 19.1. The van der Waals surface area contributed by atoms with Crippen LogP contribution in [0.3, 0.4) is 0 Å². The highest BCUT2D eigenvalue weighted by atomic mass is 16.7. The average Bonchev–Trinajstić information content (AvgIpc) is 3.42. The fourth-order valence-corrected chi connectivity index (χ4v) is 4.14. The van der Waals surface area contributed by atoms with Crippen LogP contribution >= 0.6 is 0 Å². The molecule has 1 saturated heterocycles. The number of aryl methyl sites for hydroxylation is 1. The van der Waals surface area contributed by atoms with Gasteiger partial charge in [0.05, 0.1) is 11.0 Å². The van der Waals surface area contributed by atoms with Crippen LogP contribution < -0.4 is 14.4 Å². The van der Waals surface area contributed by atoms with Crippen LogP contribution in [0, 0.1) is 0 Å². The number of imidazole rings is 1. The van der Waals surface area contributed by atoms with Crippen LogP contribution in [0.25, 0.3) is 11.0 Å². The summed E-state index contributed by atoms with van der Waals surface area (Å²) in [6.07, 6.45) is 2.70. The van der Waals surface area contributed by atoms with Crippen molar-refractivity contribution >= 4 is 22.6 Å². The van der Waals surface area contributed by atoms with E-state index >= 15 is 0 Å². The first-order valence-corrected chi connectivity index (χ1v) is 9.90. The number of rotatable bonds is 5. The van der Waals surface area contributed by atoms with Crippen molar-refractivity contribution in [1.29, 1.82) is 0 Å². The van der Waals surface area contributed by atoms with E-state index in [4.69, 9.17) is 14.5 Å². The molecule has 1 amide bonds. The fraction of sp³-hybridized carbons (Fsp3) is 0.364. The summed E-state index contributed by atoms with van der Waals surface area (Å²) < 4.78 is 13.2. The van der Waals surface area contributed by atoms with Gasteiger partial charge in [0.2, 0.25) is 12.7 Å². The molecule has 28 heavy (non-hydrogen) atoms. The predicted octanol–water partition coefficient (Wildman–Crippen LogP) is 4.09. The first-order valence-electron chi connectivity index (χ1n) is 9.90. The number of para-hydroxylation sites is 2. The second-order valence-corrected chi connectivity index (χ2v) is 7.41. The van der Waals surface area contributed by atoms with E-state index in [9.17, 15) is 4.79 Å². The van der Waals surface area contributed by atoms with Gasteiger partial charge in [-0.1, -0.05) is 25.5 Å². The molecule has 2 aliphatic rings. The van der Waals surface area contributed by atoms with Gasteiger partial charge < -0.3 is 18.9 Å². The molecule has 0 aliphatic carbocycles. The van der Waals surface area contributed by atoms with Crippen molar-refractivity contribution in [1.82, 2.24) is 9.55 Å². The van der Waals surface area contributed by atoms with E-state index in [1.165, 1.54) is 0 Å². The van der Waals surface area contributed by atoms with E-state index in [0.717, 1.165) is 47.7 Å². The molecule has 1 aromatic heterocycles. The molecule has 5 rings (SSSR count). The second-order valence-electron chi connectivity index (χ2n) is 7.41. The number of amides is 1. The fourth-order valence-electron chi connectivity index (χ4n) is 4.14. The van der Waals surface area contributed by atoms with Gasteiger partial charge in [0.25, 0.3) is 0 Å². The zero-order valence-corrected chi connectivity index (χ0v) is 15.9. The monoisotopic (exact) mass is 377 g/mol. The molecule has 1 unspecified atom stereocenters. The second kappa shape index (κ2) is 6.86. The quantitative estimate of drug-likeness (QED) is 0.672. The van der Waals surface area contributed by atoms with E-state index in [-0.39, 0.29) is 18.6 Å². The van der Waals surface area contributed by atoms with Crippen LogP contribution in [0.5, 0.6) is 11.5 Å². The van der Waals surface area contributed by atoms with Crippen molar-refractivity contribution in [3.63, 3.8) is 0 Å². The molecule has 0 N–H and O–H groups in total. The van der Waals surface area contributed by atoms with Crippen molar-refractivity contribution in [3.8, 4) is 11.5 Å². The summed E-state index contributed by atoms with van der Waals surface area (Å²) in [6.45, 7) is 3.99. The maximum absolute atomic E-state index is 12.8. The standard InChI is InChI=1S/C22H23N3O3/c1-2-3-10-24-18-7-5-4-6-17(18)23-22(24)15-11-21(26)25(13-15)16-8-9-19-20(12-16)28-14-27-19/h4-9,12,15H,2-3,10-11,13-14H2,1H3. The zero-order valence-electron chi connectivity index (χ0n) is 15.9. The summed E-state index contributed by atoms with van der Waals surface area (Å²) in [5.41, 5.74) is 3.01. The lowest BCUT2D eigenvalue weighted by molar-refractivity contribution is -0.117. The number of ether oxygens (including phenoxy) is 2. The van der Waals surface area contributed by atoms with E-state index in [1.807, 2.05) is 35.2 Å². The highest BCUT2D eigenvalue weighted by Gasteiger charge is 2.35. The molecule has 2 aromatic carbocycles. The Bertz CT molecular complexity index is 1040. The van der Waals surface area contributed by atoms with Gasteiger partial charge in [0.15, 0.2) is 11.5 Å². The molecule has 144 valence electrons. The summed E-state index contributed by atoms with van der Waals surface area (Å²) in [4.78, 5) is 19.6. The third kappa shape index (κ3) is 2.80. The molecule has 6 heteroatoms. The van der Waals surface area contributed by atoms with Gasteiger partial charge in [-0.05, 0) is 30.7 Å².